The summed E-state index contributed by atoms with van der Waals surface area (Å²) in [7, 11) is 1.66. The number of nitriles is 1. The molecule has 1 aromatic carbocycles. The SMILES string of the molecule is COc1ccc([C@@]2(CC#N)CCOC(C)(C)C2)cc1. The van der Waals surface area contributed by atoms with Crippen LogP contribution in [0.5, 0.6) is 5.75 Å². The third-order valence-electron chi connectivity index (χ3n) is 3.96. The van der Waals surface area contributed by atoms with Crippen molar-refractivity contribution in [1.29, 1.82) is 5.26 Å². The van der Waals surface area contributed by atoms with Crippen LogP contribution in [0.2, 0.25) is 0 Å². The zero-order valence-corrected chi connectivity index (χ0v) is 11.9. The van der Waals surface area contributed by atoms with Crippen LogP contribution in [0.4, 0.5) is 0 Å². The van der Waals surface area contributed by atoms with Crippen molar-refractivity contribution >= 4 is 0 Å². The molecule has 0 N–H and O–H groups in total. The quantitative estimate of drug-likeness (QED) is 0.835. The molecule has 1 heterocycles. The Morgan fingerprint density at radius 2 is 2.00 bits per heavy atom. The first-order valence-electron chi connectivity index (χ1n) is 6.67. The number of nitrogens with zero attached hydrogens (tertiary/aromatic N) is 1. The molecule has 3 heteroatoms. The van der Waals surface area contributed by atoms with E-state index < -0.39 is 0 Å². The van der Waals surface area contributed by atoms with Gasteiger partial charge in [0.1, 0.15) is 5.75 Å². The molecule has 1 atom stereocenters. The number of benzene rings is 1. The minimum absolute atomic E-state index is 0.0945. The maximum atomic E-state index is 9.20. The molecule has 0 aliphatic carbocycles. The summed E-state index contributed by atoms with van der Waals surface area (Å²) < 4.78 is 11.0. The second-order valence-corrected chi connectivity index (χ2v) is 5.88. The van der Waals surface area contributed by atoms with E-state index >= 15 is 0 Å². The van der Waals surface area contributed by atoms with Crippen molar-refractivity contribution in [2.45, 2.75) is 44.1 Å². The molecule has 2 rings (SSSR count). The minimum atomic E-state index is -0.172. The molecule has 3 nitrogen and oxygen atoms in total. The highest BCUT2D eigenvalue weighted by Gasteiger charge is 2.42. The number of ether oxygens (including phenoxy) is 2. The predicted octanol–water partition coefficient (Wildman–Crippen LogP) is 3.44. The molecule has 102 valence electrons. The molecule has 1 aliphatic rings. The van der Waals surface area contributed by atoms with Crippen LogP contribution in [-0.4, -0.2) is 19.3 Å². The number of methoxy groups -OCH3 is 1. The molecular weight excluding hydrogens is 238 g/mol. The van der Waals surface area contributed by atoms with Crippen molar-refractivity contribution in [3.63, 3.8) is 0 Å². The Morgan fingerprint density at radius 1 is 1.32 bits per heavy atom. The lowest BCUT2D eigenvalue weighted by molar-refractivity contribution is -0.0816. The normalized spacial score (nSPS) is 25.6. The van der Waals surface area contributed by atoms with Crippen molar-refractivity contribution in [2.75, 3.05) is 13.7 Å². The maximum absolute atomic E-state index is 9.20. The van der Waals surface area contributed by atoms with Gasteiger partial charge in [0.15, 0.2) is 0 Å². The topological polar surface area (TPSA) is 42.2 Å². The highest BCUT2D eigenvalue weighted by atomic mass is 16.5. The van der Waals surface area contributed by atoms with Crippen molar-refractivity contribution in [1.82, 2.24) is 0 Å². The molecule has 1 aliphatic heterocycles. The lowest BCUT2D eigenvalue weighted by Crippen LogP contribution is -2.43. The molecule has 0 aromatic heterocycles. The summed E-state index contributed by atoms with van der Waals surface area (Å²) in [4.78, 5) is 0. The summed E-state index contributed by atoms with van der Waals surface area (Å²) in [5, 5.41) is 9.20. The maximum Gasteiger partial charge on any atom is 0.118 e. The second kappa shape index (κ2) is 5.22. The van der Waals surface area contributed by atoms with E-state index in [4.69, 9.17) is 9.47 Å². The Morgan fingerprint density at radius 3 is 2.53 bits per heavy atom. The monoisotopic (exact) mass is 259 g/mol. The standard InChI is InChI=1S/C16H21NO2/c1-15(2)12-16(8-10-17,9-11-19-15)13-4-6-14(18-3)7-5-13/h4-7H,8-9,11-12H2,1-3H3/t16-/m0/s1. The lowest BCUT2D eigenvalue weighted by atomic mass is 9.67. The zero-order chi connectivity index (χ0) is 13.9. The zero-order valence-electron chi connectivity index (χ0n) is 11.9. The van der Waals surface area contributed by atoms with Crippen LogP contribution < -0.4 is 4.74 Å². The van der Waals surface area contributed by atoms with Crippen molar-refractivity contribution in [3.8, 4) is 11.8 Å². The van der Waals surface area contributed by atoms with E-state index in [2.05, 4.69) is 32.0 Å². The molecule has 0 unspecified atom stereocenters. The first-order chi connectivity index (χ1) is 9.01. The second-order valence-electron chi connectivity index (χ2n) is 5.88. The highest BCUT2D eigenvalue weighted by molar-refractivity contribution is 5.34. The average molecular weight is 259 g/mol. The molecule has 19 heavy (non-hydrogen) atoms. The lowest BCUT2D eigenvalue weighted by Gasteiger charge is -2.44. The first-order valence-corrected chi connectivity index (χ1v) is 6.67. The van der Waals surface area contributed by atoms with E-state index in [1.165, 1.54) is 5.56 Å². The minimum Gasteiger partial charge on any atom is -0.497 e. The molecule has 1 aromatic rings. The fraction of sp³-hybridized carbons (Fsp3) is 0.562. The fourth-order valence-corrected chi connectivity index (χ4v) is 3.07. The molecule has 1 saturated heterocycles. The van der Waals surface area contributed by atoms with E-state index in [0.717, 1.165) is 18.6 Å². The average Bonchev–Trinajstić information content (AvgIpc) is 2.38. The Labute approximate surface area is 115 Å². The van der Waals surface area contributed by atoms with Gasteiger partial charge in [-0.05, 0) is 44.4 Å². The highest BCUT2D eigenvalue weighted by Crippen LogP contribution is 2.44. The van der Waals surface area contributed by atoms with Crippen LogP contribution in [0.1, 0.15) is 38.7 Å². The summed E-state index contributed by atoms with van der Waals surface area (Å²) >= 11 is 0. The Kier molecular flexibility index (Phi) is 3.82. The van der Waals surface area contributed by atoms with E-state index in [-0.39, 0.29) is 11.0 Å². The third kappa shape index (κ3) is 2.90. The molecule has 0 amide bonds. The van der Waals surface area contributed by atoms with Gasteiger partial charge in [0, 0.05) is 18.4 Å². The van der Waals surface area contributed by atoms with Crippen LogP contribution in [-0.2, 0) is 10.2 Å². The number of hydrogen-bond acceptors (Lipinski definition) is 3. The van der Waals surface area contributed by atoms with Crippen LogP contribution >= 0.6 is 0 Å². The van der Waals surface area contributed by atoms with Crippen molar-refractivity contribution < 1.29 is 9.47 Å². The summed E-state index contributed by atoms with van der Waals surface area (Å²) in [6.45, 7) is 4.91. The summed E-state index contributed by atoms with van der Waals surface area (Å²) in [5.41, 5.74) is 0.948. The molecular formula is C16H21NO2. The Bertz CT molecular complexity index is 473. The third-order valence-corrected chi connectivity index (χ3v) is 3.96. The van der Waals surface area contributed by atoms with E-state index in [0.29, 0.717) is 13.0 Å². The molecule has 0 spiro atoms. The van der Waals surface area contributed by atoms with Gasteiger partial charge in [0.2, 0.25) is 0 Å². The van der Waals surface area contributed by atoms with Gasteiger partial charge in [-0.2, -0.15) is 5.26 Å². The van der Waals surface area contributed by atoms with Crippen LogP contribution in [0.3, 0.4) is 0 Å². The van der Waals surface area contributed by atoms with Gasteiger partial charge < -0.3 is 9.47 Å². The number of rotatable bonds is 3. The smallest absolute Gasteiger partial charge is 0.118 e. The van der Waals surface area contributed by atoms with Gasteiger partial charge in [-0.1, -0.05) is 12.1 Å². The summed E-state index contributed by atoms with van der Waals surface area (Å²) in [5.74, 6) is 0.849. The van der Waals surface area contributed by atoms with E-state index in [9.17, 15) is 5.26 Å². The largest absolute Gasteiger partial charge is 0.497 e. The van der Waals surface area contributed by atoms with Gasteiger partial charge >= 0.3 is 0 Å². The fourth-order valence-electron chi connectivity index (χ4n) is 3.07. The Hall–Kier alpha value is -1.53. The van der Waals surface area contributed by atoms with E-state index in [1.807, 2.05) is 12.1 Å². The van der Waals surface area contributed by atoms with Crippen molar-refractivity contribution in [2.24, 2.45) is 0 Å². The van der Waals surface area contributed by atoms with Gasteiger partial charge in [-0.3, -0.25) is 0 Å². The van der Waals surface area contributed by atoms with Gasteiger partial charge in [0.25, 0.3) is 0 Å². The molecule has 0 saturated carbocycles. The first kappa shape index (κ1) is 13.9. The van der Waals surface area contributed by atoms with Gasteiger partial charge in [-0.25, -0.2) is 0 Å². The van der Waals surface area contributed by atoms with Crippen LogP contribution in [0.25, 0.3) is 0 Å². The van der Waals surface area contributed by atoms with Crippen LogP contribution in [0.15, 0.2) is 24.3 Å². The summed E-state index contributed by atoms with van der Waals surface area (Å²) in [6.07, 6.45) is 2.31. The summed E-state index contributed by atoms with van der Waals surface area (Å²) in [6, 6.07) is 10.5. The molecule has 1 fully saturated rings. The van der Waals surface area contributed by atoms with E-state index in [1.54, 1.807) is 7.11 Å². The van der Waals surface area contributed by atoms with Crippen molar-refractivity contribution in [3.05, 3.63) is 29.8 Å². The predicted molar refractivity (Wildman–Crippen MR) is 74.2 cm³/mol. The van der Waals surface area contributed by atoms with Gasteiger partial charge in [0.05, 0.1) is 18.8 Å². The molecule has 0 radical (unpaired) electrons. The molecule has 0 bridgehead atoms. The Balaban J connectivity index is 2.35. The van der Waals surface area contributed by atoms with Gasteiger partial charge in [-0.15, -0.1) is 0 Å². The van der Waals surface area contributed by atoms with Crippen LogP contribution in [0, 0.1) is 11.3 Å². The number of hydrogen-bond donors (Lipinski definition) is 0.